The lowest BCUT2D eigenvalue weighted by Crippen LogP contribution is -2.50. The van der Waals surface area contributed by atoms with E-state index in [1.807, 2.05) is 11.4 Å². The molecule has 3 heterocycles. The van der Waals surface area contributed by atoms with Gasteiger partial charge in [0.05, 0.1) is 11.3 Å². The van der Waals surface area contributed by atoms with E-state index in [9.17, 15) is 4.79 Å². The Bertz CT molecular complexity index is 799. The van der Waals surface area contributed by atoms with Crippen LogP contribution in [0.4, 0.5) is 15.7 Å². The Balaban J connectivity index is 1.31. The maximum Gasteiger partial charge on any atom is 0.323 e. The predicted molar refractivity (Wildman–Crippen MR) is 95.8 cm³/mol. The Morgan fingerprint density at radius 3 is 2.72 bits per heavy atom. The summed E-state index contributed by atoms with van der Waals surface area (Å²) in [5.41, 5.74) is 1.66. The Morgan fingerprint density at radius 1 is 1.28 bits per heavy atom. The number of hydrogen-bond donors (Lipinski definition) is 1. The van der Waals surface area contributed by atoms with Gasteiger partial charge in [-0.3, -0.25) is 5.32 Å². The molecule has 1 saturated heterocycles. The first-order valence-electron chi connectivity index (χ1n) is 8.35. The van der Waals surface area contributed by atoms with Crippen LogP contribution in [0.25, 0.3) is 0 Å². The maximum atomic E-state index is 12.4. The highest BCUT2D eigenvalue weighted by Crippen LogP contribution is 2.40. The van der Waals surface area contributed by atoms with Crippen molar-refractivity contribution in [3.05, 3.63) is 35.0 Å². The van der Waals surface area contributed by atoms with Crippen LogP contribution in [-0.2, 0) is 0 Å². The van der Waals surface area contributed by atoms with Gasteiger partial charge < -0.3 is 9.80 Å². The summed E-state index contributed by atoms with van der Waals surface area (Å²) >= 11 is 1.49. The molecule has 1 aliphatic carbocycles. The minimum atomic E-state index is -0.0934. The number of nitrogens with one attached hydrogen (secondary N) is 1. The van der Waals surface area contributed by atoms with Gasteiger partial charge in [-0.25, -0.2) is 14.8 Å². The molecule has 0 radical (unpaired) electrons. The van der Waals surface area contributed by atoms with Gasteiger partial charge in [0.25, 0.3) is 0 Å². The Labute approximate surface area is 149 Å². The molecule has 2 amide bonds. The van der Waals surface area contributed by atoms with E-state index in [-0.39, 0.29) is 6.03 Å². The van der Waals surface area contributed by atoms with Crippen molar-refractivity contribution in [3.63, 3.8) is 0 Å². The molecule has 0 unspecified atom stereocenters. The third-order valence-electron chi connectivity index (χ3n) is 4.50. The molecule has 1 saturated carbocycles. The zero-order chi connectivity index (χ0) is 17.2. The fraction of sp³-hybridized carbons (Fsp3) is 0.412. The van der Waals surface area contributed by atoms with Gasteiger partial charge >= 0.3 is 6.03 Å². The van der Waals surface area contributed by atoms with E-state index < -0.39 is 0 Å². The van der Waals surface area contributed by atoms with Gasteiger partial charge in [0.15, 0.2) is 5.13 Å². The van der Waals surface area contributed by atoms with Crippen molar-refractivity contribution < 1.29 is 4.79 Å². The van der Waals surface area contributed by atoms with E-state index in [2.05, 4.69) is 26.3 Å². The molecule has 8 heteroatoms. The van der Waals surface area contributed by atoms with Crippen LogP contribution in [0, 0.1) is 11.3 Å². The highest BCUT2D eigenvalue weighted by atomic mass is 32.1. The maximum absolute atomic E-state index is 12.4. The minimum absolute atomic E-state index is 0.0934. The summed E-state index contributed by atoms with van der Waals surface area (Å²) in [6.07, 6.45) is 4.00. The first kappa shape index (κ1) is 15.8. The molecule has 0 bridgehead atoms. The number of thiazole rings is 1. The van der Waals surface area contributed by atoms with Gasteiger partial charge in [-0.15, -0.1) is 11.3 Å². The van der Waals surface area contributed by atoms with Crippen LogP contribution >= 0.6 is 11.3 Å². The number of amides is 2. The lowest BCUT2D eigenvalue weighted by Gasteiger charge is -2.35. The van der Waals surface area contributed by atoms with E-state index in [0.717, 1.165) is 24.6 Å². The van der Waals surface area contributed by atoms with Crippen LogP contribution in [-0.4, -0.2) is 47.1 Å². The van der Waals surface area contributed by atoms with Crippen molar-refractivity contribution in [1.82, 2.24) is 14.9 Å². The summed E-state index contributed by atoms with van der Waals surface area (Å²) < 4.78 is 0. The molecule has 2 aliphatic rings. The molecule has 2 aromatic heterocycles. The monoisotopic (exact) mass is 354 g/mol. The number of aromatic nitrogens is 2. The van der Waals surface area contributed by atoms with Crippen molar-refractivity contribution in [1.29, 1.82) is 5.26 Å². The van der Waals surface area contributed by atoms with Gasteiger partial charge in [0.1, 0.15) is 11.9 Å². The second kappa shape index (κ2) is 6.69. The van der Waals surface area contributed by atoms with E-state index in [1.165, 1.54) is 24.2 Å². The van der Waals surface area contributed by atoms with Gasteiger partial charge in [0, 0.05) is 43.7 Å². The summed E-state index contributed by atoms with van der Waals surface area (Å²) in [4.78, 5) is 25.1. The molecular weight excluding hydrogens is 336 g/mol. The molecule has 7 nitrogen and oxygen atoms in total. The summed E-state index contributed by atoms with van der Waals surface area (Å²) in [5.74, 6) is 1.44. The van der Waals surface area contributed by atoms with Crippen molar-refractivity contribution in [2.45, 2.75) is 18.8 Å². The van der Waals surface area contributed by atoms with Crippen molar-refractivity contribution in [3.8, 4) is 6.07 Å². The summed E-state index contributed by atoms with van der Waals surface area (Å²) in [5, 5.41) is 14.5. The Morgan fingerprint density at radius 2 is 2.08 bits per heavy atom. The highest BCUT2D eigenvalue weighted by Gasteiger charge is 2.27. The first-order valence-corrected chi connectivity index (χ1v) is 9.23. The number of piperazine rings is 1. The lowest BCUT2D eigenvalue weighted by atomic mass is 10.2. The van der Waals surface area contributed by atoms with Crippen molar-refractivity contribution in [2.75, 3.05) is 36.4 Å². The van der Waals surface area contributed by atoms with Crippen LogP contribution < -0.4 is 10.2 Å². The molecule has 128 valence electrons. The summed E-state index contributed by atoms with van der Waals surface area (Å²) in [7, 11) is 0. The fourth-order valence-electron chi connectivity index (χ4n) is 2.86. The van der Waals surface area contributed by atoms with Crippen molar-refractivity contribution >= 4 is 28.3 Å². The molecule has 25 heavy (non-hydrogen) atoms. The molecule has 2 aromatic rings. The second-order valence-corrected chi connectivity index (χ2v) is 7.13. The summed E-state index contributed by atoms with van der Waals surface area (Å²) in [6, 6.07) is 5.59. The van der Waals surface area contributed by atoms with E-state index in [4.69, 9.17) is 5.26 Å². The topological polar surface area (TPSA) is 85.2 Å². The Hall–Kier alpha value is -2.66. The molecule has 2 fully saturated rings. The standard InChI is InChI=1S/C17H18N6OS/c18-9-12-1-4-15(19-10-12)22-5-7-23(8-6-22)17(24)21-16-20-14(11-25-16)13-2-3-13/h1,4,10-11,13H,2-3,5-8H2,(H,20,21,24). The normalized spacial score (nSPS) is 17.2. The SMILES string of the molecule is N#Cc1ccc(N2CCN(C(=O)Nc3nc(C4CC4)cs3)CC2)nc1. The number of nitrogens with zero attached hydrogens (tertiary/aromatic N) is 5. The fourth-order valence-corrected chi connectivity index (χ4v) is 3.64. The van der Waals surface area contributed by atoms with Crippen LogP contribution in [0.3, 0.4) is 0 Å². The molecule has 1 aliphatic heterocycles. The molecule has 0 spiro atoms. The zero-order valence-electron chi connectivity index (χ0n) is 13.7. The number of rotatable bonds is 3. The minimum Gasteiger partial charge on any atom is -0.353 e. The number of anilines is 2. The van der Waals surface area contributed by atoms with Crippen LogP contribution in [0.15, 0.2) is 23.7 Å². The molecule has 1 N–H and O–H groups in total. The van der Waals surface area contributed by atoms with Crippen LogP contribution in [0.5, 0.6) is 0 Å². The third kappa shape index (κ3) is 3.56. The highest BCUT2D eigenvalue weighted by molar-refractivity contribution is 7.13. The molecular formula is C17H18N6OS. The summed E-state index contributed by atoms with van der Waals surface area (Å²) in [6.45, 7) is 2.71. The number of carbonyl (C=O) groups is 1. The average molecular weight is 354 g/mol. The zero-order valence-corrected chi connectivity index (χ0v) is 14.5. The third-order valence-corrected chi connectivity index (χ3v) is 5.28. The quantitative estimate of drug-likeness (QED) is 0.916. The van der Waals surface area contributed by atoms with Gasteiger partial charge in [-0.05, 0) is 25.0 Å². The van der Waals surface area contributed by atoms with E-state index in [1.54, 1.807) is 17.2 Å². The number of nitriles is 1. The molecule has 4 rings (SSSR count). The van der Waals surface area contributed by atoms with Crippen LogP contribution in [0.1, 0.15) is 30.0 Å². The van der Waals surface area contributed by atoms with Crippen molar-refractivity contribution in [2.24, 2.45) is 0 Å². The smallest absolute Gasteiger partial charge is 0.323 e. The second-order valence-electron chi connectivity index (χ2n) is 6.27. The van der Waals surface area contributed by atoms with E-state index >= 15 is 0 Å². The van der Waals surface area contributed by atoms with Crippen LogP contribution in [0.2, 0.25) is 0 Å². The number of carbonyl (C=O) groups excluding carboxylic acids is 1. The molecule has 0 atom stereocenters. The Kier molecular flexibility index (Phi) is 4.24. The number of hydrogen-bond acceptors (Lipinski definition) is 6. The average Bonchev–Trinajstić information content (AvgIpc) is 3.41. The molecule has 0 aromatic carbocycles. The van der Waals surface area contributed by atoms with Gasteiger partial charge in [-0.1, -0.05) is 0 Å². The van der Waals surface area contributed by atoms with Gasteiger partial charge in [-0.2, -0.15) is 5.26 Å². The lowest BCUT2D eigenvalue weighted by molar-refractivity contribution is 0.208. The van der Waals surface area contributed by atoms with E-state index in [0.29, 0.717) is 29.7 Å². The number of pyridine rings is 1. The number of urea groups is 1. The first-order chi connectivity index (χ1) is 12.2. The largest absolute Gasteiger partial charge is 0.353 e. The predicted octanol–water partition coefficient (Wildman–Crippen LogP) is 2.64. The van der Waals surface area contributed by atoms with Gasteiger partial charge in [0.2, 0.25) is 0 Å².